The van der Waals surface area contributed by atoms with Crippen LogP contribution in [0.1, 0.15) is 25.8 Å². The van der Waals surface area contributed by atoms with Gasteiger partial charge in [0.2, 0.25) is 11.8 Å². The quantitative estimate of drug-likeness (QED) is 0.806. The van der Waals surface area contributed by atoms with Gasteiger partial charge in [-0.15, -0.1) is 12.4 Å². The van der Waals surface area contributed by atoms with E-state index in [4.69, 9.17) is 10.5 Å². The van der Waals surface area contributed by atoms with Gasteiger partial charge in [0.05, 0.1) is 13.2 Å². The molecule has 7 heteroatoms. The van der Waals surface area contributed by atoms with Crippen molar-refractivity contribution in [1.29, 1.82) is 0 Å². The van der Waals surface area contributed by atoms with Gasteiger partial charge in [0, 0.05) is 13.1 Å². The molecule has 0 aliphatic carbocycles. The van der Waals surface area contributed by atoms with Crippen molar-refractivity contribution >= 4 is 24.2 Å². The summed E-state index contributed by atoms with van der Waals surface area (Å²) in [5.41, 5.74) is 6.85. The number of hydrogen-bond acceptors (Lipinski definition) is 4. The highest BCUT2D eigenvalue weighted by Crippen LogP contribution is 2.18. The molecule has 0 bridgehead atoms. The number of ether oxygens (including phenoxy) is 1. The minimum Gasteiger partial charge on any atom is -0.497 e. The number of benzene rings is 1. The predicted octanol–water partition coefficient (Wildman–Crippen LogP) is 1.32. The lowest BCUT2D eigenvalue weighted by atomic mass is 10.0. The molecule has 0 saturated carbocycles. The molecule has 0 aromatic heterocycles. The van der Waals surface area contributed by atoms with E-state index in [0.29, 0.717) is 19.5 Å². The maximum atomic E-state index is 12.4. The van der Waals surface area contributed by atoms with Gasteiger partial charge in [-0.3, -0.25) is 9.59 Å². The van der Waals surface area contributed by atoms with Crippen LogP contribution in [0.3, 0.4) is 0 Å². The number of amides is 2. The first-order chi connectivity index (χ1) is 10.9. The molecular formula is C17H26ClN3O3. The molecule has 2 atom stereocenters. The summed E-state index contributed by atoms with van der Waals surface area (Å²) in [5, 5.41) is 2.77. The highest BCUT2D eigenvalue weighted by molar-refractivity contribution is 5.91. The Labute approximate surface area is 149 Å². The Hall–Kier alpha value is -1.79. The van der Waals surface area contributed by atoms with Gasteiger partial charge < -0.3 is 20.7 Å². The van der Waals surface area contributed by atoms with Crippen LogP contribution in [0.2, 0.25) is 0 Å². The zero-order valence-electron chi connectivity index (χ0n) is 14.3. The smallest absolute Gasteiger partial charge is 0.245 e. The summed E-state index contributed by atoms with van der Waals surface area (Å²) in [5.74, 6) is 0.519. The number of hydrogen-bond donors (Lipinski definition) is 2. The largest absolute Gasteiger partial charge is 0.497 e. The van der Waals surface area contributed by atoms with Gasteiger partial charge in [0.25, 0.3) is 0 Å². The summed E-state index contributed by atoms with van der Waals surface area (Å²) >= 11 is 0. The summed E-state index contributed by atoms with van der Waals surface area (Å²) in [6, 6.07) is 6.57. The van der Waals surface area contributed by atoms with Crippen LogP contribution in [0.4, 0.5) is 0 Å². The van der Waals surface area contributed by atoms with Gasteiger partial charge in [-0.25, -0.2) is 0 Å². The number of halogens is 1. The molecule has 2 amide bonds. The first-order valence-corrected chi connectivity index (χ1v) is 7.90. The second-order valence-electron chi connectivity index (χ2n) is 6.23. The van der Waals surface area contributed by atoms with Gasteiger partial charge in [-0.2, -0.15) is 0 Å². The molecule has 134 valence electrons. The fourth-order valence-electron chi connectivity index (χ4n) is 2.55. The van der Waals surface area contributed by atoms with Crippen LogP contribution < -0.4 is 15.8 Å². The number of rotatable bonds is 6. The first-order valence-electron chi connectivity index (χ1n) is 7.90. The van der Waals surface area contributed by atoms with Crippen LogP contribution in [-0.4, -0.2) is 42.5 Å². The summed E-state index contributed by atoms with van der Waals surface area (Å²) in [7, 11) is 1.62. The minimum absolute atomic E-state index is 0. The maximum Gasteiger partial charge on any atom is 0.245 e. The molecule has 1 heterocycles. The second kappa shape index (κ2) is 8.89. The molecule has 6 nitrogen and oxygen atoms in total. The Morgan fingerprint density at radius 2 is 2.00 bits per heavy atom. The summed E-state index contributed by atoms with van der Waals surface area (Å²) in [6.45, 7) is 4.94. The molecular weight excluding hydrogens is 330 g/mol. The lowest BCUT2D eigenvalue weighted by molar-refractivity contribution is -0.133. The second-order valence-corrected chi connectivity index (χ2v) is 6.23. The van der Waals surface area contributed by atoms with E-state index >= 15 is 0 Å². The summed E-state index contributed by atoms with van der Waals surface area (Å²) in [4.78, 5) is 26.2. The molecule has 3 N–H and O–H groups in total. The van der Waals surface area contributed by atoms with Crippen molar-refractivity contribution in [2.24, 2.45) is 11.7 Å². The fraction of sp³-hybridized carbons (Fsp3) is 0.529. The highest BCUT2D eigenvalue weighted by Gasteiger charge is 2.33. The Morgan fingerprint density at radius 1 is 1.38 bits per heavy atom. The molecule has 1 aliphatic rings. The van der Waals surface area contributed by atoms with E-state index in [1.54, 1.807) is 12.0 Å². The van der Waals surface area contributed by atoms with Gasteiger partial charge in [0.15, 0.2) is 0 Å². The van der Waals surface area contributed by atoms with Crippen LogP contribution in [0.25, 0.3) is 0 Å². The van der Waals surface area contributed by atoms with Crippen LogP contribution in [0.5, 0.6) is 5.75 Å². The van der Waals surface area contributed by atoms with Crippen LogP contribution >= 0.6 is 12.4 Å². The molecule has 24 heavy (non-hydrogen) atoms. The normalized spacial score (nSPS) is 18.3. The van der Waals surface area contributed by atoms with Gasteiger partial charge >= 0.3 is 0 Å². The lowest BCUT2D eigenvalue weighted by Gasteiger charge is -2.20. The number of carbonyl (C=O) groups excluding carboxylic acids is 2. The average molecular weight is 356 g/mol. The fourth-order valence-corrected chi connectivity index (χ4v) is 2.55. The van der Waals surface area contributed by atoms with Crippen molar-refractivity contribution in [2.45, 2.75) is 38.9 Å². The maximum absolute atomic E-state index is 12.4. The van der Waals surface area contributed by atoms with E-state index in [1.807, 2.05) is 38.1 Å². The van der Waals surface area contributed by atoms with Crippen LogP contribution in [-0.2, 0) is 16.1 Å². The van der Waals surface area contributed by atoms with E-state index in [0.717, 1.165) is 11.3 Å². The number of likely N-dealkylation sites (tertiary alicyclic amines) is 1. The molecule has 1 saturated heterocycles. The Morgan fingerprint density at radius 3 is 2.54 bits per heavy atom. The number of methoxy groups -OCH3 is 1. The van der Waals surface area contributed by atoms with Crippen molar-refractivity contribution in [3.05, 3.63) is 29.8 Å². The third kappa shape index (κ3) is 4.85. The van der Waals surface area contributed by atoms with E-state index in [1.165, 1.54) is 0 Å². The van der Waals surface area contributed by atoms with E-state index in [9.17, 15) is 9.59 Å². The van der Waals surface area contributed by atoms with Crippen molar-refractivity contribution in [3.63, 3.8) is 0 Å². The van der Waals surface area contributed by atoms with Gasteiger partial charge in [-0.1, -0.05) is 26.0 Å². The molecule has 0 radical (unpaired) electrons. The standard InChI is InChI=1S/C17H25N3O3.ClH/c1-11(2)15(18)16(21)19-14-8-9-20(17(14)22)10-12-4-6-13(23-3)7-5-12;/h4-7,11,14-15H,8-10,18H2,1-3H3,(H,19,21);1H/t14?,15-;/m0./s1. The zero-order valence-corrected chi connectivity index (χ0v) is 15.1. The molecule has 1 fully saturated rings. The SMILES string of the molecule is COc1ccc(CN2CCC(NC(=O)[C@@H](N)C(C)C)C2=O)cc1.Cl. The Bertz CT molecular complexity index is 563. The van der Waals surface area contributed by atoms with E-state index in [-0.39, 0.29) is 30.1 Å². The molecule has 1 aliphatic heterocycles. The average Bonchev–Trinajstić information content (AvgIpc) is 2.88. The monoisotopic (exact) mass is 355 g/mol. The lowest BCUT2D eigenvalue weighted by Crippen LogP contribution is -2.50. The molecule has 2 rings (SSSR count). The molecule has 1 unspecified atom stereocenters. The molecule has 0 spiro atoms. The Kier molecular flexibility index (Phi) is 7.51. The van der Waals surface area contributed by atoms with Crippen molar-refractivity contribution in [3.8, 4) is 5.75 Å². The third-order valence-corrected chi connectivity index (χ3v) is 4.17. The highest BCUT2D eigenvalue weighted by atomic mass is 35.5. The summed E-state index contributed by atoms with van der Waals surface area (Å²) in [6.07, 6.45) is 0.617. The van der Waals surface area contributed by atoms with Crippen molar-refractivity contribution in [1.82, 2.24) is 10.2 Å². The van der Waals surface area contributed by atoms with Gasteiger partial charge in [0.1, 0.15) is 11.8 Å². The number of nitrogens with one attached hydrogen (secondary N) is 1. The van der Waals surface area contributed by atoms with Crippen LogP contribution in [0.15, 0.2) is 24.3 Å². The Balaban J connectivity index is 0.00000288. The number of carbonyl (C=O) groups is 2. The van der Waals surface area contributed by atoms with Gasteiger partial charge in [-0.05, 0) is 30.0 Å². The van der Waals surface area contributed by atoms with Crippen molar-refractivity contribution < 1.29 is 14.3 Å². The van der Waals surface area contributed by atoms with E-state index < -0.39 is 12.1 Å². The first kappa shape index (κ1) is 20.3. The molecule has 1 aromatic carbocycles. The zero-order chi connectivity index (χ0) is 17.0. The minimum atomic E-state index is -0.585. The number of nitrogens with zero attached hydrogens (tertiary/aromatic N) is 1. The number of nitrogens with two attached hydrogens (primary N) is 1. The van der Waals surface area contributed by atoms with Crippen LogP contribution in [0, 0.1) is 5.92 Å². The topological polar surface area (TPSA) is 84.7 Å². The molecule has 1 aromatic rings. The summed E-state index contributed by atoms with van der Waals surface area (Å²) < 4.78 is 5.12. The van der Waals surface area contributed by atoms with Crippen molar-refractivity contribution in [2.75, 3.05) is 13.7 Å². The predicted molar refractivity (Wildman–Crippen MR) is 95.0 cm³/mol. The van der Waals surface area contributed by atoms with E-state index in [2.05, 4.69) is 5.32 Å². The third-order valence-electron chi connectivity index (χ3n) is 4.17.